The largest absolute Gasteiger partial charge is 0.481 e. The van der Waals surface area contributed by atoms with Gasteiger partial charge in [-0.25, -0.2) is 0 Å². The van der Waals surface area contributed by atoms with Crippen LogP contribution < -0.4 is 4.90 Å². The van der Waals surface area contributed by atoms with Crippen molar-refractivity contribution in [2.75, 3.05) is 23.1 Å². The fourth-order valence-corrected chi connectivity index (χ4v) is 12.4. The Kier molecular flexibility index (Phi) is 17.2. The summed E-state index contributed by atoms with van der Waals surface area (Å²) in [4.78, 5) is 24.8. The predicted octanol–water partition coefficient (Wildman–Crippen LogP) is 7.88. The summed E-state index contributed by atoms with van der Waals surface area (Å²) >= 11 is 4.53. The molecule has 2 aliphatic rings. The van der Waals surface area contributed by atoms with Gasteiger partial charge in [0.15, 0.2) is 11.6 Å². The van der Waals surface area contributed by atoms with E-state index in [0.717, 1.165) is 42.7 Å². The first-order chi connectivity index (χ1) is 28.3. The monoisotopic (exact) mass is 1130 g/mol. The molecule has 3 unspecified atom stereocenters. The Morgan fingerprint density at radius 1 is 0.852 bits per heavy atom. The Labute approximate surface area is 384 Å². The number of halogens is 2. The average Bonchev–Trinajstić information content (AvgIpc) is 3.49. The molecule has 0 fully saturated rings. The molecule has 0 saturated carbocycles. The molecule has 2 heterocycles. The highest BCUT2D eigenvalue weighted by Crippen LogP contribution is 2.54. The first-order valence-corrected chi connectivity index (χ1v) is 26.3. The number of hydrogen-bond acceptors (Lipinski definition) is 9. The number of unbranched alkanes of at least 4 members (excludes halogenated alkanes) is 3. The number of fused-ring (bicyclic) bond motifs is 2. The summed E-state index contributed by atoms with van der Waals surface area (Å²) in [5.41, 5.74) is 1.25. The van der Waals surface area contributed by atoms with E-state index in [0.29, 0.717) is 32.1 Å². The van der Waals surface area contributed by atoms with Crippen LogP contribution in [0.5, 0.6) is 0 Å². The van der Waals surface area contributed by atoms with Crippen LogP contribution in [-0.4, -0.2) is 89.5 Å². The van der Waals surface area contributed by atoms with Gasteiger partial charge in [0.05, 0.1) is 27.5 Å². The standard InChI is InChI=1S/C41H50I2N2O13S3/c1-4-5-15-30(39(48)49)41(3)31-26-29(61(56,57)58)19-20-33(31)45(27-60(53,54)55)36(41)17-11-8-6-7-10-16-35-40(2,21-13-9-12-18-37(46)47)38-32(43)24-28(42)25-34(38)44(35)22-14-23-59(50,51)52/h6-8,10-11,16-17,19-20,24-26,30H,4-5,9,12-15,18,21-23,27H2,1-3H3,(H4-,46,47,48,49,50,51,52,53,54,55,56,57,58)/p+1. The first-order valence-electron chi connectivity index (χ1n) is 19.5. The fourth-order valence-electron chi connectivity index (χ4n) is 8.34. The number of carboxylic acids is 2. The number of hydrogen-bond donors (Lipinski definition) is 5. The van der Waals surface area contributed by atoms with E-state index in [4.69, 9.17) is 5.11 Å². The van der Waals surface area contributed by atoms with Gasteiger partial charge in [-0.2, -0.15) is 29.8 Å². The zero-order chi connectivity index (χ0) is 45.6. The molecule has 2 aromatic carbocycles. The number of rotatable bonds is 22. The molecule has 3 atom stereocenters. The van der Waals surface area contributed by atoms with Gasteiger partial charge < -0.3 is 15.1 Å². The zero-order valence-corrected chi connectivity index (χ0v) is 40.6. The lowest BCUT2D eigenvalue weighted by Crippen LogP contribution is -2.41. The molecule has 0 bridgehead atoms. The minimum absolute atomic E-state index is 0.0645. The minimum Gasteiger partial charge on any atom is -0.481 e. The van der Waals surface area contributed by atoms with E-state index >= 15 is 0 Å². The molecule has 15 nitrogen and oxygen atoms in total. The van der Waals surface area contributed by atoms with Gasteiger partial charge in [-0.1, -0.05) is 63.0 Å². The maximum absolute atomic E-state index is 12.9. The van der Waals surface area contributed by atoms with Crippen LogP contribution in [0, 0.1) is 13.1 Å². The summed E-state index contributed by atoms with van der Waals surface area (Å²) < 4.78 is 106. The summed E-state index contributed by atoms with van der Waals surface area (Å²) in [6, 6.07) is 7.57. The molecule has 0 radical (unpaired) electrons. The number of carbonyl (C=O) groups is 2. The van der Waals surface area contributed by atoms with Gasteiger partial charge in [0.2, 0.25) is 5.69 Å². The summed E-state index contributed by atoms with van der Waals surface area (Å²) in [7, 11) is -13.7. The molecule has 0 amide bonds. The van der Waals surface area contributed by atoms with Gasteiger partial charge >= 0.3 is 11.9 Å². The van der Waals surface area contributed by atoms with Crippen LogP contribution >= 0.6 is 45.2 Å². The van der Waals surface area contributed by atoms with Gasteiger partial charge in [-0.15, -0.1) is 0 Å². The van der Waals surface area contributed by atoms with Crippen LogP contribution in [-0.2, 0) is 50.8 Å². The second kappa shape index (κ2) is 20.7. The van der Waals surface area contributed by atoms with Crippen molar-refractivity contribution in [3.63, 3.8) is 0 Å². The lowest BCUT2D eigenvalue weighted by molar-refractivity contribution is -0.437. The molecule has 2 aromatic rings. The van der Waals surface area contributed by atoms with Crippen molar-refractivity contribution >= 4 is 105 Å². The van der Waals surface area contributed by atoms with Crippen molar-refractivity contribution < 1.29 is 63.3 Å². The van der Waals surface area contributed by atoms with Crippen molar-refractivity contribution in [2.24, 2.45) is 5.92 Å². The minimum atomic E-state index is -4.74. The van der Waals surface area contributed by atoms with Crippen molar-refractivity contribution in [3.05, 3.63) is 96.8 Å². The SMILES string of the molecule is CCCCC(C(=O)O)C1(C)/C(=C/C=C/C=C/C=C/C2=[N+](CCCS(=O)(=O)O)c3cc(I)cc(I)c3C2(C)CCCCCC(=O)O)N(CS(=O)(=O)O)c2ccc(S(=O)(=O)O)cc21. The van der Waals surface area contributed by atoms with Crippen molar-refractivity contribution in [1.29, 1.82) is 0 Å². The number of benzene rings is 2. The second-order valence-corrected chi connectivity index (χ2v) is 22.3. The molecule has 4 rings (SSSR count). The lowest BCUT2D eigenvalue weighted by atomic mass is 9.69. The van der Waals surface area contributed by atoms with E-state index in [1.54, 1.807) is 37.3 Å². The normalized spacial score (nSPS) is 20.7. The third-order valence-electron chi connectivity index (χ3n) is 11.1. The highest BCUT2D eigenvalue weighted by atomic mass is 127. The van der Waals surface area contributed by atoms with Crippen molar-refractivity contribution in [1.82, 2.24) is 0 Å². The van der Waals surface area contributed by atoms with Crippen LogP contribution in [0.2, 0.25) is 0 Å². The molecule has 5 N–H and O–H groups in total. The molecular formula is C41H51I2N2O13S3+. The molecule has 20 heteroatoms. The third-order valence-corrected chi connectivity index (χ3v) is 14.8. The van der Waals surface area contributed by atoms with E-state index in [2.05, 4.69) is 62.7 Å². The Balaban J connectivity index is 1.78. The molecule has 334 valence electrons. The van der Waals surface area contributed by atoms with Crippen LogP contribution in [0.1, 0.15) is 89.7 Å². The van der Waals surface area contributed by atoms with E-state index in [-0.39, 0.29) is 42.8 Å². The fraction of sp³-hybridized carbons (Fsp3) is 0.439. The molecular weight excluding hydrogens is 1080 g/mol. The summed E-state index contributed by atoms with van der Waals surface area (Å²) in [5, 5.41) is 19.7. The summed E-state index contributed by atoms with van der Waals surface area (Å²) in [6.45, 7) is 5.84. The maximum atomic E-state index is 12.9. The highest BCUT2D eigenvalue weighted by molar-refractivity contribution is 14.1. The van der Waals surface area contributed by atoms with E-state index < -0.39 is 75.6 Å². The number of allylic oxidation sites excluding steroid dienone is 8. The quantitative estimate of drug-likeness (QED) is 0.0248. The van der Waals surface area contributed by atoms with E-state index in [1.165, 1.54) is 17.0 Å². The molecule has 0 spiro atoms. The number of nitrogens with zero attached hydrogens (tertiary/aromatic N) is 2. The third kappa shape index (κ3) is 12.6. The van der Waals surface area contributed by atoms with Crippen LogP contribution in [0.3, 0.4) is 0 Å². The van der Waals surface area contributed by atoms with Gasteiger partial charge in [0.25, 0.3) is 30.4 Å². The van der Waals surface area contributed by atoms with E-state index in [1.807, 2.05) is 19.1 Å². The van der Waals surface area contributed by atoms with Crippen LogP contribution in [0.15, 0.2) is 83.5 Å². The number of aliphatic carboxylic acids is 2. The topological polar surface area (TPSA) is 244 Å². The van der Waals surface area contributed by atoms with Gasteiger partial charge in [0, 0.05) is 48.9 Å². The van der Waals surface area contributed by atoms with Crippen molar-refractivity contribution in [3.8, 4) is 0 Å². The zero-order valence-electron chi connectivity index (χ0n) is 33.9. The number of carboxylic acid groups (broad SMARTS) is 2. The van der Waals surface area contributed by atoms with Crippen LogP contribution in [0.4, 0.5) is 11.4 Å². The van der Waals surface area contributed by atoms with Gasteiger partial charge in [-0.3, -0.25) is 23.2 Å². The highest BCUT2D eigenvalue weighted by Gasteiger charge is 2.52. The molecule has 0 aliphatic carbocycles. The van der Waals surface area contributed by atoms with Gasteiger partial charge in [0.1, 0.15) is 6.54 Å². The van der Waals surface area contributed by atoms with Crippen molar-refractivity contribution in [2.45, 2.75) is 94.3 Å². The maximum Gasteiger partial charge on any atom is 0.307 e. The Bertz CT molecular complexity index is 2520. The first kappa shape index (κ1) is 50.6. The molecule has 2 aliphatic heterocycles. The Morgan fingerprint density at radius 2 is 1.52 bits per heavy atom. The number of anilines is 1. The molecule has 0 saturated heterocycles. The van der Waals surface area contributed by atoms with Gasteiger partial charge in [-0.05, 0) is 114 Å². The summed E-state index contributed by atoms with van der Waals surface area (Å²) in [6.07, 6.45) is 16.0. The van der Waals surface area contributed by atoms with E-state index in [9.17, 15) is 53.6 Å². The second-order valence-electron chi connectivity index (χ2n) is 15.5. The predicted molar refractivity (Wildman–Crippen MR) is 249 cm³/mol. The van der Waals surface area contributed by atoms with Crippen LogP contribution in [0.25, 0.3) is 0 Å². The smallest absolute Gasteiger partial charge is 0.307 e. The lowest BCUT2D eigenvalue weighted by Gasteiger charge is -2.35. The molecule has 0 aromatic heterocycles. The summed E-state index contributed by atoms with van der Waals surface area (Å²) in [5.74, 6) is -4.62. The Morgan fingerprint density at radius 3 is 2.13 bits per heavy atom. The average molecular weight is 1130 g/mol. The molecule has 61 heavy (non-hydrogen) atoms. The Hall–Kier alpha value is -3.00.